The summed E-state index contributed by atoms with van der Waals surface area (Å²) in [6.07, 6.45) is 0.904. The molecule has 0 saturated carbocycles. The highest BCUT2D eigenvalue weighted by molar-refractivity contribution is 5.94. The van der Waals surface area contributed by atoms with Crippen molar-refractivity contribution in [2.75, 3.05) is 33.7 Å². The molecule has 0 aliphatic carbocycles. The van der Waals surface area contributed by atoms with E-state index in [0.29, 0.717) is 12.2 Å². The highest BCUT2D eigenvalue weighted by Crippen LogP contribution is 2.17. The van der Waals surface area contributed by atoms with E-state index in [1.54, 1.807) is 0 Å². The van der Waals surface area contributed by atoms with Crippen LogP contribution in [0, 0.1) is 5.41 Å². The predicted octanol–water partition coefficient (Wildman–Crippen LogP) is 0.373. The molecule has 0 spiro atoms. The molecule has 0 fully saturated rings. The van der Waals surface area contributed by atoms with Crippen molar-refractivity contribution < 1.29 is 4.79 Å². The van der Waals surface area contributed by atoms with E-state index >= 15 is 0 Å². The average Bonchev–Trinajstić information content (AvgIpc) is 2.78. The zero-order valence-electron chi connectivity index (χ0n) is 12.8. The van der Waals surface area contributed by atoms with Gasteiger partial charge in [0.15, 0.2) is 5.69 Å². The van der Waals surface area contributed by atoms with E-state index in [4.69, 9.17) is 0 Å². The van der Waals surface area contributed by atoms with Crippen molar-refractivity contribution in [2.24, 2.45) is 5.41 Å². The highest BCUT2D eigenvalue weighted by Gasteiger charge is 2.24. The number of H-pyrrole nitrogens is 1. The van der Waals surface area contributed by atoms with Crippen molar-refractivity contribution in [1.29, 1.82) is 0 Å². The van der Waals surface area contributed by atoms with E-state index in [1.165, 1.54) is 0 Å². The van der Waals surface area contributed by atoms with Gasteiger partial charge >= 0.3 is 0 Å². The van der Waals surface area contributed by atoms with Crippen LogP contribution in [0.2, 0.25) is 0 Å². The van der Waals surface area contributed by atoms with Gasteiger partial charge in [0.05, 0.1) is 0 Å². The number of carbonyl (C=O) groups excluding carboxylic acids is 1. The Labute approximate surface area is 120 Å². The monoisotopic (exact) mass is 279 g/mol. The van der Waals surface area contributed by atoms with E-state index in [-0.39, 0.29) is 11.3 Å². The molecule has 20 heavy (non-hydrogen) atoms. The first-order chi connectivity index (χ1) is 9.39. The van der Waals surface area contributed by atoms with Crippen LogP contribution in [0.25, 0.3) is 0 Å². The summed E-state index contributed by atoms with van der Waals surface area (Å²) in [5, 5.41) is 13.4. The number of nitrogens with zero attached hydrogens (tertiary/aromatic N) is 2. The SMILES string of the molecule is CN(C)CC(C)(C)CNC(=O)c1n[nH]c2c1CNCC2. The molecule has 1 aromatic heterocycles. The van der Waals surface area contributed by atoms with Crippen molar-refractivity contribution in [3.8, 4) is 0 Å². The van der Waals surface area contributed by atoms with Crippen molar-refractivity contribution in [3.63, 3.8) is 0 Å². The van der Waals surface area contributed by atoms with Crippen molar-refractivity contribution in [3.05, 3.63) is 17.0 Å². The molecular weight excluding hydrogens is 254 g/mol. The minimum atomic E-state index is -0.0852. The minimum absolute atomic E-state index is 0.0355. The molecule has 112 valence electrons. The number of nitrogens with one attached hydrogen (secondary N) is 3. The molecule has 6 heteroatoms. The second kappa shape index (κ2) is 5.93. The highest BCUT2D eigenvalue weighted by atomic mass is 16.1. The normalized spacial score (nSPS) is 15.2. The first kappa shape index (κ1) is 15.0. The lowest BCUT2D eigenvalue weighted by Crippen LogP contribution is -2.40. The number of aromatic nitrogens is 2. The lowest BCUT2D eigenvalue weighted by atomic mass is 9.93. The number of carbonyl (C=O) groups is 1. The number of rotatable bonds is 5. The maximum absolute atomic E-state index is 12.3. The summed E-state index contributed by atoms with van der Waals surface area (Å²) < 4.78 is 0. The molecule has 1 amide bonds. The van der Waals surface area contributed by atoms with Gasteiger partial charge in [0, 0.05) is 43.9 Å². The summed E-state index contributed by atoms with van der Waals surface area (Å²) in [4.78, 5) is 14.4. The summed E-state index contributed by atoms with van der Waals surface area (Å²) in [7, 11) is 4.08. The number of hydrogen-bond acceptors (Lipinski definition) is 4. The van der Waals surface area contributed by atoms with Crippen LogP contribution in [0.15, 0.2) is 0 Å². The Bertz CT molecular complexity index is 478. The van der Waals surface area contributed by atoms with Crippen LogP contribution in [0.4, 0.5) is 0 Å². The summed E-state index contributed by atoms with van der Waals surface area (Å²) >= 11 is 0. The maximum atomic E-state index is 12.3. The third kappa shape index (κ3) is 3.58. The lowest BCUT2D eigenvalue weighted by Gasteiger charge is -2.28. The van der Waals surface area contributed by atoms with Crippen LogP contribution in [-0.4, -0.2) is 54.7 Å². The number of amides is 1. The molecule has 3 N–H and O–H groups in total. The molecule has 0 atom stereocenters. The van der Waals surface area contributed by atoms with Crippen molar-refractivity contribution >= 4 is 5.91 Å². The predicted molar refractivity (Wildman–Crippen MR) is 78.7 cm³/mol. The minimum Gasteiger partial charge on any atom is -0.350 e. The van der Waals surface area contributed by atoms with Crippen LogP contribution in [0.3, 0.4) is 0 Å². The molecule has 2 rings (SSSR count). The summed E-state index contributed by atoms with van der Waals surface area (Å²) in [6.45, 7) is 7.51. The van der Waals surface area contributed by atoms with Crippen molar-refractivity contribution in [2.45, 2.75) is 26.8 Å². The maximum Gasteiger partial charge on any atom is 0.272 e. The lowest BCUT2D eigenvalue weighted by molar-refractivity contribution is 0.0923. The van der Waals surface area contributed by atoms with Gasteiger partial charge in [-0.2, -0.15) is 5.10 Å². The first-order valence-electron chi connectivity index (χ1n) is 7.09. The van der Waals surface area contributed by atoms with Gasteiger partial charge in [-0.3, -0.25) is 9.89 Å². The van der Waals surface area contributed by atoms with Gasteiger partial charge in [0.2, 0.25) is 0 Å². The molecule has 1 aliphatic rings. The van der Waals surface area contributed by atoms with E-state index in [9.17, 15) is 4.79 Å². The fourth-order valence-electron chi connectivity index (χ4n) is 2.73. The molecule has 1 aliphatic heterocycles. The zero-order chi connectivity index (χ0) is 14.8. The molecular formula is C14H25N5O. The Hall–Kier alpha value is -1.40. The van der Waals surface area contributed by atoms with E-state index in [2.05, 4.69) is 39.6 Å². The summed E-state index contributed by atoms with van der Waals surface area (Å²) in [6, 6.07) is 0. The molecule has 2 heterocycles. The van der Waals surface area contributed by atoms with Crippen LogP contribution in [-0.2, 0) is 13.0 Å². The fourth-order valence-corrected chi connectivity index (χ4v) is 2.73. The Morgan fingerprint density at radius 1 is 1.45 bits per heavy atom. The smallest absolute Gasteiger partial charge is 0.272 e. The van der Waals surface area contributed by atoms with Gasteiger partial charge in [-0.25, -0.2) is 0 Å². The Morgan fingerprint density at radius 2 is 2.20 bits per heavy atom. The third-order valence-corrected chi connectivity index (χ3v) is 3.49. The largest absolute Gasteiger partial charge is 0.350 e. The van der Waals surface area contributed by atoms with E-state index < -0.39 is 0 Å². The van der Waals surface area contributed by atoms with Gasteiger partial charge in [-0.15, -0.1) is 0 Å². The molecule has 0 unspecified atom stereocenters. The van der Waals surface area contributed by atoms with Crippen LogP contribution < -0.4 is 10.6 Å². The summed E-state index contributed by atoms with van der Waals surface area (Å²) in [5.41, 5.74) is 2.67. The Kier molecular flexibility index (Phi) is 4.45. The second-order valence-corrected chi connectivity index (χ2v) is 6.54. The van der Waals surface area contributed by atoms with Gasteiger partial charge in [0.25, 0.3) is 5.91 Å². The molecule has 0 radical (unpaired) electrons. The van der Waals surface area contributed by atoms with E-state index in [1.807, 2.05) is 14.1 Å². The first-order valence-corrected chi connectivity index (χ1v) is 7.09. The third-order valence-electron chi connectivity index (χ3n) is 3.49. The molecule has 1 aromatic rings. The number of hydrogen-bond donors (Lipinski definition) is 3. The molecule has 6 nitrogen and oxygen atoms in total. The quantitative estimate of drug-likeness (QED) is 0.728. The van der Waals surface area contributed by atoms with E-state index in [0.717, 1.165) is 37.3 Å². The van der Waals surface area contributed by atoms with Gasteiger partial charge < -0.3 is 15.5 Å². The van der Waals surface area contributed by atoms with Gasteiger partial charge in [-0.05, 0) is 19.5 Å². The standard InChI is InChI=1S/C14H25N5O/c1-14(2,9-19(3)4)8-16-13(20)12-10-7-15-6-5-11(10)17-18-12/h15H,5-9H2,1-4H3,(H,16,20)(H,17,18). The number of fused-ring (bicyclic) bond motifs is 1. The Balaban J connectivity index is 1.97. The second-order valence-electron chi connectivity index (χ2n) is 6.54. The average molecular weight is 279 g/mol. The van der Waals surface area contributed by atoms with Crippen molar-refractivity contribution in [1.82, 2.24) is 25.7 Å². The van der Waals surface area contributed by atoms with Gasteiger partial charge in [0.1, 0.15) is 0 Å². The molecule has 0 bridgehead atoms. The number of aromatic amines is 1. The van der Waals surface area contributed by atoms with Gasteiger partial charge in [-0.1, -0.05) is 13.8 Å². The summed E-state index contributed by atoms with van der Waals surface area (Å²) in [5.74, 6) is -0.0852. The zero-order valence-corrected chi connectivity index (χ0v) is 12.8. The molecule has 0 aromatic carbocycles. The van der Waals surface area contributed by atoms with Crippen LogP contribution in [0.1, 0.15) is 35.6 Å². The molecule has 0 saturated heterocycles. The topological polar surface area (TPSA) is 73.0 Å². The van der Waals surface area contributed by atoms with Crippen LogP contribution in [0.5, 0.6) is 0 Å². The van der Waals surface area contributed by atoms with Crippen LogP contribution >= 0.6 is 0 Å². The fraction of sp³-hybridized carbons (Fsp3) is 0.714. The Morgan fingerprint density at radius 3 is 2.90 bits per heavy atom.